The first-order chi connectivity index (χ1) is 15.7. The quantitative estimate of drug-likeness (QED) is 0.340. The van der Waals surface area contributed by atoms with Crippen molar-refractivity contribution >= 4 is 33.4 Å². The molecule has 1 aromatic heterocycles. The summed E-state index contributed by atoms with van der Waals surface area (Å²) in [7, 11) is -4.02. The number of carbonyl (C=O) groups excluding carboxylic acids is 3. The monoisotopic (exact) mass is 472 g/mol. The van der Waals surface area contributed by atoms with Crippen LogP contribution in [0.2, 0.25) is 0 Å². The van der Waals surface area contributed by atoms with Crippen molar-refractivity contribution < 1.29 is 22.8 Å². The third-order valence-corrected chi connectivity index (χ3v) is 5.81. The van der Waals surface area contributed by atoms with Crippen LogP contribution in [0.3, 0.4) is 0 Å². The number of hydrazine groups is 1. The molecule has 0 aliphatic rings. The van der Waals surface area contributed by atoms with Crippen LogP contribution in [-0.4, -0.2) is 52.4 Å². The Morgan fingerprint density at radius 2 is 1.64 bits per heavy atom. The second-order valence-corrected chi connectivity index (χ2v) is 8.51. The van der Waals surface area contributed by atoms with Crippen LogP contribution >= 0.6 is 0 Å². The van der Waals surface area contributed by atoms with Crippen LogP contribution in [0.4, 0.5) is 5.69 Å². The van der Waals surface area contributed by atoms with Crippen LogP contribution < -0.4 is 20.9 Å². The zero-order valence-electron chi connectivity index (χ0n) is 17.5. The maximum Gasteiger partial charge on any atom is 0.269 e. The SMILES string of the molecule is CC(=O)Nc1ccc(S(=O)(=O)N[C@@H](C)C(=O)NNC(=O)c2ccc(-n3cnnn3)cc2)cc1. The van der Waals surface area contributed by atoms with E-state index in [0.29, 0.717) is 11.4 Å². The predicted octanol–water partition coefficient (Wildman–Crippen LogP) is -0.251. The molecule has 33 heavy (non-hydrogen) atoms. The summed E-state index contributed by atoms with van der Waals surface area (Å²) in [4.78, 5) is 35.5. The van der Waals surface area contributed by atoms with Gasteiger partial charge in [0.15, 0.2) is 0 Å². The van der Waals surface area contributed by atoms with Gasteiger partial charge in [-0.05, 0) is 65.9 Å². The lowest BCUT2D eigenvalue weighted by molar-refractivity contribution is -0.123. The van der Waals surface area contributed by atoms with Gasteiger partial charge in [-0.1, -0.05) is 0 Å². The van der Waals surface area contributed by atoms with Gasteiger partial charge < -0.3 is 5.32 Å². The number of benzene rings is 2. The third-order valence-electron chi connectivity index (χ3n) is 4.25. The molecule has 3 amide bonds. The van der Waals surface area contributed by atoms with E-state index < -0.39 is 27.9 Å². The Hall–Kier alpha value is -4.17. The van der Waals surface area contributed by atoms with Crippen LogP contribution in [0.1, 0.15) is 24.2 Å². The molecule has 0 aliphatic carbocycles. The van der Waals surface area contributed by atoms with Gasteiger partial charge in [0.05, 0.1) is 16.6 Å². The number of rotatable bonds is 7. The molecule has 0 saturated carbocycles. The molecule has 13 nitrogen and oxygen atoms in total. The minimum Gasteiger partial charge on any atom is -0.326 e. The van der Waals surface area contributed by atoms with Gasteiger partial charge in [-0.15, -0.1) is 5.10 Å². The normalized spacial score (nSPS) is 11.9. The molecule has 3 aromatic rings. The number of carbonyl (C=O) groups is 3. The number of anilines is 1. The number of nitrogens with zero attached hydrogens (tertiary/aromatic N) is 4. The van der Waals surface area contributed by atoms with E-state index in [0.717, 1.165) is 0 Å². The summed E-state index contributed by atoms with van der Waals surface area (Å²) in [6, 6.07) is 10.5. The molecule has 0 spiro atoms. The molecule has 14 heteroatoms. The third kappa shape index (κ3) is 6.18. The van der Waals surface area contributed by atoms with Gasteiger partial charge in [0, 0.05) is 18.2 Å². The van der Waals surface area contributed by atoms with Gasteiger partial charge in [0.1, 0.15) is 6.33 Å². The highest BCUT2D eigenvalue weighted by molar-refractivity contribution is 7.89. The Morgan fingerprint density at radius 1 is 0.970 bits per heavy atom. The minimum absolute atomic E-state index is 0.0945. The number of aromatic nitrogens is 4. The van der Waals surface area contributed by atoms with Crippen LogP contribution in [-0.2, 0) is 19.6 Å². The standard InChI is InChI=1S/C19H20N8O5S/c1-12(24-33(31,32)17-9-5-15(6-10-17)21-13(2)28)18(29)22-23-19(30)14-3-7-16(8-4-14)27-11-20-25-26-27/h3-12,24H,1-2H3,(H,21,28)(H,22,29)(H,23,30)/t12-/m0/s1. The summed E-state index contributed by atoms with van der Waals surface area (Å²) < 4.78 is 28.6. The second kappa shape index (κ2) is 9.97. The molecule has 4 N–H and O–H groups in total. The molecule has 1 heterocycles. The zero-order valence-corrected chi connectivity index (χ0v) is 18.3. The molecule has 0 bridgehead atoms. The smallest absolute Gasteiger partial charge is 0.269 e. The Balaban J connectivity index is 1.54. The molecule has 1 atom stereocenters. The zero-order chi connectivity index (χ0) is 24.0. The molecular weight excluding hydrogens is 452 g/mol. The van der Waals surface area contributed by atoms with E-state index >= 15 is 0 Å². The van der Waals surface area contributed by atoms with Crippen LogP contribution in [0.15, 0.2) is 59.8 Å². The van der Waals surface area contributed by atoms with Gasteiger partial charge in [0.25, 0.3) is 11.8 Å². The Labute approximate surface area is 188 Å². The summed E-state index contributed by atoms with van der Waals surface area (Å²) in [5, 5.41) is 13.3. The predicted molar refractivity (Wildman–Crippen MR) is 115 cm³/mol. The van der Waals surface area contributed by atoms with Crippen molar-refractivity contribution in [1.29, 1.82) is 0 Å². The molecule has 0 unspecified atom stereocenters. The summed E-state index contributed by atoms with van der Waals surface area (Å²) in [5.74, 6) is -1.66. The van der Waals surface area contributed by atoms with E-state index in [2.05, 4.69) is 36.4 Å². The van der Waals surface area contributed by atoms with Gasteiger partial charge in [0.2, 0.25) is 15.9 Å². The number of hydrogen-bond acceptors (Lipinski definition) is 8. The van der Waals surface area contributed by atoms with E-state index in [9.17, 15) is 22.8 Å². The van der Waals surface area contributed by atoms with Gasteiger partial charge >= 0.3 is 0 Å². The second-order valence-electron chi connectivity index (χ2n) is 6.79. The molecular formula is C19H20N8O5S. The molecule has 0 fully saturated rings. The lowest BCUT2D eigenvalue weighted by Crippen LogP contribution is -2.51. The van der Waals surface area contributed by atoms with Crippen molar-refractivity contribution in [3.8, 4) is 5.69 Å². The molecule has 2 aromatic carbocycles. The highest BCUT2D eigenvalue weighted by atomic mass is 32.2. The number of tetrazole rings is 1. The molecule has 172 valence electrons. The maximum atomic E-state index is 12.5. The molecule has 0 saturated heterocycles. The molecule has 3 rings (SSSR count). The number of hydrogen-bond donors (Lipinski definition) is 4. The van der Waals surface area contributed by atoms with Gasteiger partial charge in [-0.3, -0.25) is 25.2 Å². The van der Waals surface area contributed by atoms with E-state index in [1.54, 1.807) is 12.1 Å². The average Bonchev–Trinajstić information content (AvgIpc) is 3.32. The van der Waals surface area contributed by atoms with Crippen molar-refractivity contribution in [2.75, 3.05) is 5.32 Å². The number of amides is 3. The van der Waals surface area contributed by atoms with E-state index in [1.807, 2.05) is 0 Å². The fourth-order valence-corrected chi connectivity index (χ4v) is 3.82. The highest BCUT2D eigenvalue weighted by Gasteiger charge is 2.22. The Morgan fingerprint density at radius 3 is 2.21 bits per heavy atom. The van der Waals surface area contributed by atoms with Gasteiger partial charge in [-0.25, -0.2) is 13.1 Å². The fourth-order valence-electron chi connectivity index (χ4n) is 2.62. The first-order valence-electron chi connectivity index (χ1n) is 9.49. The Kier molecular flexibility index (Phi) is 7.10. The Bertz CT molecular complexity index is 1240. The summed E-state index contributed by atoms with van der Waals surface area (Å²) in [5.41, 5.74) is 5.72. The van der Waals surface area contributed by atoms with E-state index in [4.69, 9.17) is 0 Å². The number of nitrogens with one attached hydrogen (secondary N) is 4. The van der Waals surface area contributed by atoms with Crippen molar-refractivity contribution in [2.24, 2.45) is 0 Å². The van der Waals surface area contributed by atoms with Crippen molar-refractivity contribution in [3.05, 3.63) is 60.4 Å². The van der Waals surface area contributed by atoms with Gasteiger partial charge in [-0.2, -0.15) is 4.72 Å². The van der Waals surface area contributed by atoms with Crippen LogP contribution in [0.5, 0.6) is 0 Å². The first-order valence-corrected chi connectivity index (χ1v) is 11.0. The topological polar surface area (TPSA) is 177 Å². The minimum atomic E-state index is -4.02. The van der Waals surface area contributed by atoms with Crippen molar-refractivity contribution in [2.45, 2.75) is 24.8 Å². The van der Waals surface area contributed by atoms with E-state index in [1.165, 1.54) is 61.3 Å². The fraction of sp³-hybridized carbons (Fsp3) is 0.158. The van der Waals surface area contributed by atoms with E-state index in [-0.39, 0.29) is 16.4 Å². The largest absolute Gasteiger partial charge is 0.326 e. The lowest BCUT2D eigenvalue weighted by Gasteiger charge is -2.15. The van der Waals surface area contributed by atoms with Crippen molar-refractivity contribution in [1.82, 2.24) is 35.8 Å². The van der Waals surface area contributed by atoms with Crippen molar-refractivity contribution in [3.63, 3.8) is 0 Å². The summed E-state index contributed by atoms with van der Waals surface area (Å²) in [6.07, 6.45) is 1.40. The van der Waals surface area contributed by atoms with Crippen LogP contribution in [0, 0.1) is 0 Å². The summed E-state index contributed by atoms with van der Waals surface area (Å²) in [6.45, 7) is 2.66. The number of sulfonamides is 1. The lowest BCUT2D eigenvalue weighted by atomic mass is 10.2. The highest BCUT2D eigenvalue weighted by Crippen LogP contribution is 2.14. The first kappa shape index (κ1) is 23.5. The van der Waals surface area contributed by atoms with Crippen LogP contribution in [0.25, 0.3) is 5.69 Å². The summed E-state index contributed by atoms with van der Waals surface area (Å²) >= 11 is 0. The average molecular weight is 472 g/mol. The molecule has 0 radical (unpaired) electrons. The maximum absolute atomic E-state index is 12.5. The molecule has 0 aliphatic heterocycles.